The number of aliphatic carboxylic acids is 1. The Hall–Kier alpha value is -2.21. The predicted octanol–water partition coefficient (Wildman–Crippen LogP) is 2.81. The molecule has 2 rings (SSSR count). The number of nitrogens with one attached hydrogen (secondary N) is 1. The highest BCUT2D eigenvalue weighted by molar-refractivity contribution is 7.98. The minimum Gasteiger partial charge on any atom is -0.496 e. The normalized spacial score (nSPS) is 10.8. The van der Waals surface area contributed by atoms with Crippen molar-refractivity contribution in [2.24, 2.45) is 0 Å². The summed E-state index contributed by atoms with van der Waals surface area (Å²) in [5.41, 5.74) is 1.81. The van der Waals surface area contributed by atoms with Gasteiger partial charge in [-0.3, -0.25) is 0 Å². The van der Waals surface area contributed by atoms with Crippen LogP contribution in [-0.4, -0.2) is 28.2 Å². The number of rotatable bonds is 6. The van der Waals surface area contributed by atoms with Gasteiger partial charge in [0.25, 0.3) is 0 Å². The largest absolute Gasteiger partial charge is 0.496 e. The average molecular weight is 290 g/mol. The molecule has 1 aromatic heterocycles. The molecule has 0 unspecified atom stereocenters. The molecule has 0 saturated heterocycles. The van der Waals surface area contributed by atoms with Crippen LogP contribution >= 0.6 is 11.8 Å². The molecule has 0 aliphatic rings. The topological polar surface area (TPSA) is 75.2 Å². The molecule has 0 aliphatic heterocycles. The van der Waals surface area contributed by atoms with E-state index in [9.17, 15) is 4.79 Å². The van der Waals surface area contributed by atoms with Crippen LogP contribution in [0.5, 0.6) is 5.75 Å². The second kappa shape index (κ2) is 6.81. The van der Waals surface area contributed by atoms with Crippen molar-refractivity contribution in [2.75, 3.05) is 7.11 Å². The van der Waals surface area contributed by atoms with Crippen molar-refractivity contribution in [3.8, 4) is 5.75 Å². The van der Waals surface area contributed by atoms with E-state index in [0.29, 0.717) is 5.75 Å². The van der Waals surface area contributed by atoms with Gasteiger partial charge in [-0.05, 0) is 23.8 Å². The maximum atomic E-state index is 10.6. The molecule has 0 radical (unpaired) electrons. The molecule has 6 heteroatoms. The van der Waals surface area contributed by atoms with Crippen molar-refractivity contribution >= 4 is 23.8 Å². The fourth-order valence-electron chi connectivity index (χ4n) is 1.65. The number of carboxylic acid groups (broad SMARTS) is 1. The molecule has 2 N–H and O–H groups in total. The highest BCUT2D eigenvalue weighted by Gasteiger charge is 2.04. The molecule has 0 bridgehead atoms. The van der Waals surface area contributed by atoms with Crippen LogP contribution in [0.25, 0.3) is 6.08 Å². The van der Waals surface area contributed by atoms with Gasteiger partial charge in [0.2, 0.25) is 0 Å². The Morgan fingerprint density at radius 1 is 1.55 bits per heavy atom. The first kappa shape index (κ1) is 14.2. The van der Waals surface area contributed by atoms with Gasteiger partial charge >= 0.3 is 5.97 Å². The molecule has 2 aromatic rings. The van der Waals surface area contributed by atoms with Gasteiger partial charge in [-0.25, -0.2) is 9.78 Å². The fourth-order valence-corrected chi connectivity index (χ4v) is 2.42. The maximum absolute atomic E-state index is 10.6. The lowest BCUT2D eigenvalue weighted by Gasteiger charge is -2.07. The van der Waals surface area contributed by atoms with Gasteiger partial charge in [0.05, 0.1) is 7.11 Å². The molecule has 0 atom stereocenters. The van der Waals surface area contributed by atoms with E-state index in [1.54, 1.807) is 31.3 Å². The smallest absolute Gasteiger partial charge is 0.328 e. The molecule has 20 heavy (non-hydrogen) atoms. The summed E-state index contributed by atoms with van der Waals surface area (Å²) in [6.07, 6.45) is 6.11. The summed E-state index contributed by atoms with van der Waals surface area (Å²) in [5.74, 6) is 0.405. The third kappa shape index (κ3) is 3.89. The van der Waals surface area contributed by atoms with Gasteiger partial charge in [0.15, 0.2) is 5.16 Å². The van der Waals surface area contributed by atoms with Crippen LogP contribution in [-0.2, 0) is 10.5 Å². The van der Waals surface area contributed by atoms with Crippen molar-refractivity contribution in [1.29, 1.82) is 0 Å². The SMILES string of the molecule is COc1ccc(CSc2ncc[nH]2)cc1/C=C/C(=O)O. The van der Waals surface area contributed by atoms with Crippen molar-refractivity contribution < 1.29 is 14.6 Å². The molecule has 1 aromatic carbocycles. The lowest BCUT2D eigenvalue weighted by Crippen LogP contribution is -1.91. The predicted molar refractivity (Wildman–Crippen MR) is 77.8 cm³/mol. The van der Waals surface area contributed by atoms with E-state index in [2.05, 4.69) is 9.97 Å². The summed E-state index contributed by atoms with van der Waals surface area (Å²) >= 11 is 1.58. The van der Waals surface area contributed by atoms with Crippen LogP contribution in [0.3, 0.4) is 0 Å². The molecule has 1 heterocycles. The van der Waals surface area contributed by atoms with E-state index in [1.165, 1.54) is 6.08 Å². The molecule has 104 valence electrons. The van der Waals surface area contributed by atoms with E-state index in [4.69, 9.17) is 9.84 Å². The van der Waals surface area contributed by atoms with Gasteiger partial charge in [-0.1, -0.05) is 17.8 Å². The van der Waals surface area contributed by atoms with Gasteiger partial charge in [-0.2, -0.15) is 0 Å². The Labute approximate surface area is 120 Å². The first-order valence-corrected chi connectivity index (χ1v) is 6.87. The molecule has 0 spiro atoms. The Morgan fingerprint density at radius 3 is 3.05 bits per heavy atom. The number of benzene rings is 1. The Morgan fingerprint density at radius 2 is 2.40 bits per heavy atom. The number of thioether (sulfide) groups is 1. The van der Waals surface area contributed by atoms with Gasteiger partial charge in [0, 0.05) is 29.8 Å². The van der Waals surface area contributed by atoms with Gasteiger partial charge in [0.1, 0.15) is 5.75 Å². The molecule has 0 aliphatic carbocycles. The fraction of sp³-hybridized carbons (Fsp3) is 0.143. The van der Waals surface area contributed by atoms with Crippen LogP contribution in [0.1, 0.15) is 11.1 Å². The quantitative estimate of drug-likeness (QED) is 0.632. The van der Waals surface area contributed by atoms with Crippen molar-refractivity contribution in [3.05, 3.63) is 47.8 Å². The van der Waals surface area contributed by atoms with Crippen LogP contribution < -0.4 is 4.74 Å². The lowest BCUT2D eigenvalue weighted by atomic mass is 10.1. The molecule has 0 saturated carbocycles. The number of carbonyl (C=O) groups is 1. The first-order valence-electron chi connectivity index (χ1n) is 5.89. The van der Waals surface area contributed by atoms with Crippen molar-refractivity contribution in [3.63, 3.8) is 0 Å². The average Bonchev–Trinajstić information content (AvgIpc) is 2.96. The highest BCUT2D eigenvalue weighted by atomic mass is 32.2. The summed E-state index contributed by atoms with van der Waals surface area (Å²) in [6, 6.07) is 5.70. The van der Waals surface area contributed by atoms with Gasteiger partial charge in [-0.15, -0.1) is 0 Å². The zero-order chi connectivity index (χ0) is 14.4. The minimum atomic E-state index is -0.984. The number of methoxy groups -OCH3 is 1. The number of ether oxygens (including phenoxy) is 1. The van der Waals surface area contributed by atoms with E-state index in [-0.39, 0.29) is 0 Å². The molecular formula is C14H14N2O3S. The number of H-pyrrole nitrogens is 1. The van der Waals surface area contributed by atoms with Crippen molar-refractivity contribution in [2.45, 2.75) is 10.9 Å². The second-order valence-corrected chi connectivity index (χ2v) is 4.89. The zero-order valence-corrected chi connectivity index (χ0v) is 11.7. The molecular weight excluding hydrogens is 276 g/mol. The number of nitrogens with zero attached hydrogens (tertiary/aromatic N) is 1. The number of imidazole rings is 1. The summed E-state index contributed by atoms with van der Waals surface area (Å²) in [6.45, 7) is 0. The molecule has 5 nitrogen and oxygen atoms in total. The monoisotopic (exact) mass is 290 g/mol. The molecule has 0 amide bonds. The maximum Gasteiger partial charge on any atom is 0.328 e. The Kier molecular flexibility index (Phi) is 4.84. The van der Waals surface area contributed by atoms with E-state index < -0.39 is 5.97 Å². The van der Waals surface area contributed by atoms with Crippen LogP contribution in [0.4, 0.5) is 0 Å². The standard InChI is InChI=1S/C14H14N2O3S/c1-19-12-4-2-10(8-11(12)3-5-13(17)18)9-20-14-15-6-7-16-14/h2-8H,9H2,1H3,(H,15,16)(H,17,18)/b5-3+. The third-order valence-corrected chi connectivity index (χ3v) is 3.52. The van der Waals surface area contributed by atoms with E-state index in [0.717, 1.165) is 28.1 Å². The summed E-state index contributed by atoms with van der Waals surface area (Å²) < 4.78 is 5.21. The molecule has 0 fully saturated rings. The lowest BCUT2D eigenvalue weighted by molar-refractivity contribution is -0.131. The van der Waals surface area contributed by atoms with E-state index in [1.807, 2.05) is 18.2 Å². The van der Waals surface area contributed by atoms with E-state index >= 15 is 0 Å². The van der Waals surface area contributed by atoms with Gasteiger partial charge < -0.3 is 14.8 Å². The number of hydrogen-bond donors (Lipinski definition) is 2. The number of aromatic amines is 1. The number of carboxylic acids is 1. The van der Waals surface area contributed by atoms with Crippen LogP contribution in [0.2, 0.25) is 0 Å². The third-order valence-electron chi connectivity index (χ3n) is 2.55. The highest BCUT2D eigenvalue weighted by Crippen LogP contribution is 2.25. The summed E-state index contributed by atoms with van der Waals surface area (Å²) in [7, 11) is 1.56. The summed E-state index contributed by atoms with van der Waals surface area (Å²) in [4.78, 5) is 17.8. The van der Waals surface area contributed by atoms with Crippen LogP contribution in [0.15, 0.2) is 41.8 Å². The minimum absolute atomic E-state index is 0.647. The first-order chi connectivity index (χ1) is 9.69. The second-order valence-electron chi connectivity index (χ2n) is 3.93. The van der Waals surface area contributed by atoms with Crippen molar-refractivity contribution in [1.82, 2.24) is 9.97 Å². The summed E-state index contributed by atoms with van der Waals surface area (Å²) in [5, 5.41) is 9.54. The zero-order valence-electron chi connectivity index (χ0n) is 10.9. The van der Waals surface area contributed by atoms with Crippen LogP contribution in [0, 0.1) is 0 Å². The Balaban J connectivity index is 2.14. The Bertz CT molecular complexity index is 609. The number of aromatic nitrogens is 2. The number of hydrogen-bond acceptors (Lipinski definition) is 4.